The number of rotatable bonds is 13. The van der Waals surface area contributed by atoms with Crippen molar-refractivity contribution in [1.82, 2.24) is 0 Å². The van der Waals surface area contributed by atoms with Gasteiger partial charge in [0.15, 0.2) is 0 Å². The fourth-order valence-electron chi connectivity index (χ4n) is 2.35. The summed E-state index contributed by atoms with van der Waals surface area (Å²) in [5.74, 6) is 0.345. The van der Waals surface area contributed by atoms with Crippen LogP contribution in [0.3, 0.4) is 0 Å². The van der Waals surface area contributed by atoms with E-state index in [0.29, 0.717) is 5.92 Å². The molecule has 2 unspecified atom stereocenters. The van der Waals surface area contributed by atoms with Crippen molar-refractivity contribution >= 4 is 16.9 Å². The Morgan fingerprint density at radius 2 is 1.38 bits per heavy atom. The summed E-state index contributed by atoms with van der Waals surface area (Å²) in [5, 5.41) is 0. The van der Waals surface area contributed by atoms with Gasteiger partial charge in [-0.1, -0.05) is 33.1 Å². The minimum atomic E-state index is -4.79. The van der Waals surface area contributed by atoms with Gasteiger partial charge < -0.3 is 4.52 Å². The van der Waals surface area contributed by atoms with Gasteiger partial charge in [-0.25, -0.2) is 0 Å². The molecule has 0 aromatic heterocycles. The fraction of sp³-hybridized carbons (Fsp3) is 1.00. The zero-order valence-corrected chi connectivity index (χ0v) is 17.4. The van der Waals surface area contributed by atoms with Crippen LogP contribution in [-0.4, -0.2) is 17.7 Å². The van der Waals surface area contributed by atoms with Gasteiger partial charge in [0.25, 0.3) is 0 Å². The van der Waals surface area contributed by atoms with Gasteiger partial charge in [-0.15, -0.1) is 0 Å². The molecule has 0 radical (unpaired) electrons. The van der Waals surface area contributed by atoms with Crippen LogP contribution < -0.4 is 0 Å². The second kappa shape index (κ2) is 16.9. The summed E-state index contributed by atoms with van der Waals surface area (Å²) in [6.45, 7) is 8.30. The normalized spacial score (nSPS) is 14.9. The van der Waals surface area contributed by atoms with Gasteiger partial charge in [0.05, 0.1) is 6.61 Å². The van der Waals surface area contributed by atoms with Crippen LogP contribution in [0, 0.1) is 11.8 Å². The zero-order valence-electron chi connectivity index (χ0n) is 15.5. The standard InChI is InChI=1S/C8H19F2OP.C8H17F2OP/c1-3-5-6-8(4-2)7-12(9,10)11;1-3-5-6-8(4-2)7-11-12(9)10/h8,11-12H,3-7H2,1-2H3;8H,3-7H2,1-2H3. The second-order valence-electron chi connectivity index (χ2n) is 6.20. The third kappa shape index (κ3) is 20.5. The van der Waals surface area contributed by atoms with Crippen molar-refractivity contribution in [1.29, 1.82) is 0 Å². The Balaban J connectivity index is 0. The van der Waals surface area contributed by atoms with E-state index in [9.17, 15) is 16.8 Å². The molecule has 0 aliphatic carbocycles. The van der Waals surface area contributed by atoms with Gasteiger partial charge in [-0.3, -0.25) is 0 Å². The molecule has 0 aliphatic rings. The van der Waals surface area contributed by atoms with Crippen LogP contribution in [0.25, 0.3) is 0 Å². The SMILES string of the molecule is CCCCC(CC)COP(F)F.CCCCC(CC)C[PH](O)(F)F. The molecule has 0 heterocycles. The van der Waals surface area contributed by atoms with E-state index < -0.39 is 16.9 Å². The van der Waals surface area contributed by atoms with Gasteiger partial charge in [0.2, 0.25) is 0 Å². The molecule has 0 spiro atoms. The van der Waals surface area contributed by atoms with Crippen LogP contribution >= 0.6 is 16.9 Å². The maximum absolute atomic E-state index is 12.3. The van der Waals surface area contributed by atoms with E-state index in [1.807, 2.05) is 20.8 Å². The van der Waals surface area contributed by atoms with E-state index in [2.05, 4.69) is 11.4 Å². The predicted molar refractivity (Wildman–Crippen MR) is 99.3 cm³/mol. The van der Waals surface area contributed by atoms with Gasteiger partial charge in [-0.05, 0) is 12.3 Å². The molecule has 0 bridgehead atoms. The summed E-state index contributed by atoms with van der Waals surface area (Å²) < 4.78 is 52.3. The Labute approximate surface area is 147 Å². The molecule has 0 amide bonds. The molecule has 2 atom stereocenters. The van der Waals surface area contributed by atoms with E-state index in [0.717, 1.165) is 51.4 Å². The molecule has 0 saturated carbocycles. The first-order valence-electron chi connectivity index (χ1n) is 9.04. The summed E-state index contributed by atoms with van der Waals surface area (Å²) >= 11 is 0. The number of halogens is 4. The summed E-state index contributed by atoms with van der Waals surface area (Å²) in [7, 11) is -7.94. The molecule has 0 rings (SSSR count). The summed E-state index contributed by atoms with van der Waals surface area (Å²) in [6, 6.07) is 0. The zero-order chi connectivity index (χ0) is 19.0. The Morgan fingerprint density at radius 3 is 1.71 bits per heavy atom. The van der Waals surface area contributed by atoms with Gasteiger partial charge in [0, 0.05) is 0 Å². The van der Waals surface area contributed by atoms with Crippen molar-refractivity contribution < 1.29 is 26.2 Å². The van der Waals surface area contributed by atoms with Gasteiger partial charge in [0.1, 0.15) is 0 Å². The summed E-state index contributed by atoms with van der Waals surface area (Å²) in [4.78, 5) is 8.42. The monoisotopic (exact) mass is 398 g/mol. The number of hydrogen-bond acceptors (Lipinski definition) is 2. The van der Waals surface area contributed by atoms with E-state index in [-0.39, 0.29) is 18.7 Å². The topological polar surface area (TPSA) is 29.5 Å². The molecule has 150 valence electrons. The van der Waals surface area contributed by atoms with Crippen molar-refractivity contribution in [2.24, 2.45) is 11.8 Å². The third-order valence-corrected chi connectivity index (χ3v) is 5.44. The molecule has 0 aromatic rings. The first kappa shape index (κ1) is 26.7. The van der Waals surface area contributed by atoms with E-state index in [1.165, 1.54) is 0 Å². The van der Waals surface area contributed by atoms with Crippen molar-refractivity contribution in [2.45, 2.75) is 79.1 Å². The van der Waals surface area contributed by atoms with Crippen molar-refractivity contribution in [3.8, 4) is 0 Å². The molecule has 0 aromatic carbocycles. The second-order valence-corrected chi connectivity index (χ2v) is 8.60. The van der Waals surface area contributed by atoms with Gasteiger partial charge >= 0.3 is 81.8 Å². The van der Waals surface area contributed by atoms with Crippen LogP contribution in [0.5, 0.6) is 0 Å². The Kier molecular flexibility index (Phi) is 18.9. The first-order valence-corrected chi connectivity index (χ1v) is 12.0. The van der Waals surface area contributed by atoms with Crippen LogP contribution in [0.1, 0.15) is 79.1 Å². The van der Waals surface area contributed by atoms with Crippen LogP contribution in [0.15, 0.2) is 0 Å². The van der Waals surface area contributed by atoms with E-state index in [1.54, 1.807) is 0 Å². The summed E-state index contributed by atoms with van der Waals surface area (Å²) in [6.07, 6.45) is 7.54. The molecular weight excluding hydrogens is 362 g/mol. The third-order valence-electron chi connectivity index (χ3n) is 4.03. The van der Waals surface area contributed by atoms with Crippen molar-refractivity contribution in [3.63, 3.8) is 0 Å². The van der Waals surface area contributed by atoms with Crippen LogP contribution in [0.2, 0.25) is 0 Å². The van der Waals surface area contributed by atoms with E-state index >= 15 is 0 Å². The molecule has 0 saturated heterocycles. The molecule has 0 aliphatic heterocycles. The molecule has 1 N–H and O–H groups in total. The maximum atomic E-state index is 12.3. The predicted octanol–water partition coefficient (Wildman–Crippen LogP) is 8.01. The first-order chi connectivity index (χ1) is 11.2. The van der Waals surface area contributed by atoms with Crippen molar-refractivity contribution in [3.05, 3.63) is 0 Å². The minimum absolute atomic E-state index is 0.0246. The fourth-order valence-corrected chi connectivity index (χ4v) is 3.86. The summed E-state index contributed by atoms with van der Waals surface area (Å²) in [5.41, 5.74) is 0. The van der Waals surface area contributed by atoms with Crippen molar-refractivity contribution in [2.75, 3.05) is 12.8 Å². The molecule has 24 heavy (non-hydrogen) atoms. The quantitative estimate of drug-likeness (QED) is 0.251. The average molecular weight is 398 g/mol. The Hall–Kier alpha value is 0.500. The molecule has 8 heteroatoms. The number of unbranched alkanes of at least 4 members (excludes halogenated alkanes) is 2. The molecule has 2 nitrogen and oxygen atoms in total. The van der Waals surface area contributed by atoms with Crippen LogP contribution in [0.4, 0.5) is 16.8 Å². The van der Waals surface area contributed by atoms with Gasteiger partial charge in [-0.2, -0.15) is 8.39 Å². The Bertz CT molecular complexity index is 267. The average Bonchev–Trinajstić information content (AvgIpc) is 2.51. The van der Waals surface area contributed by atoms with E-state index in [4.69, 9.17) is 4.89 Å². The molecular formula is C16H36F4O2P2. The number of hydrogen-bond donors (Lipinski definition) is 1. The van der Waals surface area contributed by atoms with Crippen LogP contribution in [-0.2, 0) is 4.52 Å². The molecule has 0 fully saturated rings. The Morgan fingerprint density at radius 1 is 0.917 bits per heavy atom.